The molecule has 1 aromatic rings. The highest BCUT2D eigenvalue weighted by Gasteiger charge is 2.36. The van der Waals surface area contributed by atoms with E-state index < -0.39 is 6.04 Å². The van der Waals surface area contributed by atoms with Gasteiger partial charge in [0.05, 0.1) is 18.2 Å². The lowest BCUT2D eigenvalue weighted by Crippen LogP contribution is -2.31. The third kappa shape index (κ3) is 4.21. The fraction of sp³-hybridized carbons (Fsp3) is 0.522. The molecule has 3 heterocycles. The second kappa shape index (κ2) is 8.76. The first-order valence-corrected chi connectivity index (χ1v) is 10.8. The van der Waals surface area contributed by atoms with Crippen molar-refractivity contribution in [2.45, 2.75) is 52.1 Å². The van der Waals surface area contributed by atoms with Gasteiger partial charge in [-0.05, 0) is 51.3 Å². The molecular formula is C23H31FN5O. The molecule has 1 atom stereocenters. The summed E-state index contributed by atoms with van der Waals surface area (Å²) in [7, 11) is 1.81. The van der Waals surface area contributed by atoms with E-state index in [1.54, 1.807) is 0 Å². The number of nitrogens with zero attached hydrogens (tertiary/aromatic N) is 3. The zero-order valence-corrected chi connectivity index (χ0v) is 18.3. The predicted molar refractivity (Wildman–Crippen MR) is 118 cm³/mol. The van der Waals surface area contributed by atoms with Crippen molar-refractivity contribution in [1.82, 2.24) is 14.9 Å². The zero-order chi connectivity index (χ0) is 21.3. The van der Waals surface area contributed by atoms with Gasteiger partial charge < -0.3 is 15.4 Å². The molecule has 0 spiro atoms. The maximum Gasteiger partial charge on any atom is 0.225 e. The van der Waals surface area contributed by atoms with Crippen LogP contribution in [-0.2, 0) is 4.74 Å². The number of hydrogen-bond donors (Lipinski definition) is 2. The van der Waals surface area contributed by atoms with E-state index in [2.05, 4.69) is 45.4 Å². The van der Waals surface area contributed by atoms with Crippen molar-refractivity contribution < 1.29 is 9.13 Å². The van der Waals surface area contributed by atoms with Crippen LogP contribution in [0.15, 0.2) is 40.4 Å². The number of allylic oxidation sites excluding steroid dienone is 1. The van der Waals surface area contributed by atoms with Crippen LogP contribution in [0, 0.1) is 13.3 Å². The normalized spacial score (nSPS) is 22.6. The summed E-state index contributed by atoms with van der Waals surface area (Å²) in [5.74, 6) is 1.63. The molecule has 1 aromatic heterocycles. The van der Waals surface area contributed by atoms with Gasteiger partial charge in [0.25, 0.3) is 0 Å². The summed E-state index contributed by atoms with van der Waals surface area (Å²) in [6.07, 6.45) is 6.76. The average molecular weight is 413 g/mol. The lowest BCUT2D eigenvalue weighted by molar-refractivity contribution is 0.248. The van der Waals surface area contributed by atoms with E-state index in [0.29, 0.717) is 30.0 Å². The third-order valence-electron chi connectivity index (χ3n) is 5.93. The standard InChI is InChI=1S/C23H31FN5O/c1-14(2)29-9-5-6-16(7-10-29)20-21(24)18(13-17-8-11-30-22(17)20)27-23-26-15(3)12-19(25-4)28-23/h7,12-14,18H,5-6,8-11H2,1-4H3,(H2,25,26,27,28). The van der Waals surface area contributed by atoms with Crippen molar-refractivity contribution in [2.24, 2.45) is 0 Å². The van der Waals surface area contributed by atoms with Crippen LogP contribution in [0.2, 0.25) is 0 Å². The quantitative estimate of drug-likeness (QED) is 0.758. The molecule has 4 rings (SSSR count). The van der Waals surface area contributed by atoms with E-state index in [9.17, 15) is 0 Å². The Balaban J connectivity index is 1.66. The molecule has 30 heavy (non-hydrogen) atoms. The number of halogens is 1. The fourth-order valence-electron chi connectivity index (χ4n) is 4.29. The smallest absolute Gasteiger partial charge is 0.225 e. The Labute approximate surface area is 178 Å². The van der Waals surface area contributed by atoms with Crippen LogP contribution in [0.1, 0.15) is 38.8 Å². The number of aromatic nitrogens is 2. The first-order chi connectivity index (χ1) is 14.5. The summed E-state index contributed by atoms with van der Waals surface area (Å²) in [6.45, 7) is 8.77. The summed E-state index contributed by atoms with van der Waals surface area (Å²) in [4.78, 5) is 11.3. The van der Waals surface area contributed by atoms with Crippen LogP contribution in [-0.4, -0.2) is 53.7 Å². The largest absolute Gasteiger partial charge is 0.493 e. The molecule has 0 amide bonds. The number of aryl methyl sites for hydroxylation is 1. The maximum atomic E-state index is 15.8. The lowest BCUT2D eigenvalue weighted by atomic mass is 9.87. The first-order valence-electron chi connectivity index (χ1n) is 10.8. The van der Waals surface area contributed by atoms with E-state index in [0.717, 1.165) is 55.0 Å². The minimum Gasteiger partial charge on any atom is -0.493 e. The minimum atomic E-state index is -0.600. The van der Waals surface area contributed by atoms with Gasteiger partial charge in [0, 0.05) is 44.2 Å². The second-order valence-electron chi connectivity index (χ2n) is 8.35. The Bertz CT molecular complexity index is 905. The number of nitrogens with one attached hydrogen (secondary N) is 2. The molecular weight excluding hydrogens is 381 g/mol. The zero-order valence-electron chi connectivity index (χ0n) is 18.3. The molecule has 0 saturated carbocycles. The number of ether oxygens (including phenoxy) is 1. The molecule has 161 valence electrons. The summed E-state index contributed by atoms with van der Waals surface area (Å²) >= 11 is 0. The van der Waals surface area contributed by atoms with Gasteiger partial charge in [0.2, 0.25) is 5.95 Å². The average Bonchev–Trinajstić information content (AvgIpc) is 3.02. The molecule has 1 unspecified atom stereocenters. The van der Waals surface area contributed by atoms with Gasteiger partial charge >= 0.3 is 0 Å². The summed E-state index contributed by atoms with van der Waals surface area (Å²) in [5, 5.41) is 6.22. The molecule has 1 radical (unpaired) electrons. The minimum absolute atomic E-state index is 0.212. The molecule has 1 aliphatic carbocycles. The Morgan fingerprint density at radius 3 is 2.87 bits per heavy atom. The van der Waals surface area contributed by atoms with Crippen LogP contribution in [0.4, 0.5) is 16.2 Å². The van der Waals surface area contributed by atoms with Crippen molar-refractivity contribution in [3.8, 4) is 0 Å². The summed E-state index contributed by atoms with van der Waals surface area (Å²) in [6, 6.07) is 1.73. The summed E-state index contributed by atoms with van der Waals surface area (Å²) < 4.78 is 21.7. The van der Waals surface area contributed by atoms with E-state index in [-0.39, 0.29) is 5.83 Å². The summed E-state index contributed by atoms with van der Waals surface area (Å²) in [5.41, 5.74) is 3.57. The van der Waals surface area contributed by atoms with Crippen molar-refractivity contribution in [3.63, 3.8) is 0 Å². The first kappa shape index (κ1) is 20.8. The highest BCUT2D eigenvalue weighted by atomic mass is 19.1. The molecule has 2 N–H and O–H groups in total. The van der Waals surface area contributed by atoms with Gasteiger partial charge in [-0.3, -0.25) is 4.90 Å². The fourth-order valence-corrected chi connectivity index (χ4v) is 4.29. The van der Waals surface area contributed by atoms with Crippen LogP contribution in [0.5, 0.6) is 0 Å². The Morgan fingerprint density at radius 1 is 1.27 bits per heavy atom. The monoisotopic (exact) mass is 412 g/mol. The Kier molecular flexibility index (Phi) is 6.09. The third-order valence-corrected chi connectivity index (χ3v) is 5.93. The lowest BCUT2D eigenvalue weighted by Gasteiger charge is -2.26. The van der Waals surface area contributed by atoms with Crippen LogP contribution in [0.3, 0.4) is 0 Å². The van der Waals surface area contributed by atoms with E-state index in [1.165, 1.54) is 0 Å². The molecule has 0 bridgehead atoms. The van der Waals surface area contributed by atoms with E-state index in [4.69, 9.17) is 4.74 Å². The van der Waals surface area contributed by atoms with Gasteiger partial charge in [0.1, 0.15) is 17.4 Å². The van der Waals surface area contributed by atoms with Gasteiger partial charge in [-0.1, -0.05) is 6.08 Å². The highest BCUT2D eigenvalue weighted by Crippen LogP contribution is 2.42. The topological polar surface area (TPSA) is 62.3 Å². The van der Waals surface area contributed by atoms with Crippen molar-refractivity contribution in [1.29, 1.82) is 0 Å². The molecule has 7 heteroatoms. The second-order valence-corrected chi connectivity index (χ2v) is 8.35. The molecule has 0 fully saturated rings. The molecule has 3 aliphatic rings. The molecule has 0 saturated heterocycles. The van der Waals surface area contributed by atoms with Gasteiger partial charge in [-0.15, -0.1) is 0 Å². The van der Waals surface area contributed by atoms with Gasteiger partial charge in [0.15, 0.2) is 0 Å². The van der Waals surface area contributed by atoms with E-state index in [1.807, 2.05) is 26.5 Å². The number of rotatable bonds is 5. The maximum absolute atomic E-state index is 15.8. The van der Waals surface area contributed by atoms with Crippen molar-refractivity contribution in [2.75, 3.05) is 37.4 Å². The Hall–Kier alpha value is -2.41. The van der Waals surface area contributed by atoms with Crippen molar-refractivity contribution in [3.05, 3.63) is 52.6 Å². The highest BCUT2D eigenvalue weighted by molar-refractivity contribution is 5.58. The Morgan fingerprint density at radius 2 is 2.10 bits per heavy atom. The van der Waals surface area contributed by atoms with Crippen LogP contribution in [0.25, 0.3) is 0 Å². The van der Waals surface area contributed by atoms with Crippen LogP contribution >= 0.6 is 0 Å². The van der Waals surface area contributed by atoms with Crippen molar-refractivity contribution >= 4 is 11.8 Å². The SMILES string of the molecule is CNc1cc(C)nc(NC2[CH]C3=C(OCC3)C(C3=CCN(C(C)C)CCC3)=C2F)n1. The molecule has 0 aromatic carbocycles. The predicted octanol–water partition coefficient (Wildman–Crippen LogP) is 4.15. The van der Waals surface area contributed by atoms with E-state index >= 15 is 4.39 Å². The molecule has 2 aliphatic heterocycles. The number of hydrogen-bond acceptors (Lipinski definition) is 6. The van der Waals surface area contributed by atoms with Gasteiger partial charge in [-0.25, -0.2) is 9.37 Å². The molecule has 6 nitrogen and oxygen atoms in total. The van der Waals surface area contributed by atoms with Crippen LogP contribution < -0.4 is 10.6 Å². The number of anilines is 2. The van der Waals surface area contributed by atoms with Gasteiger partial charge in [-0.2, -0.15) is 4.98 Å².